The van der Waals surface area contributed by atoms with E-state index >= 15 is 0 Å². The number of nitrogens with zero attached hydrogens (tertiary/aromatic N) is 2. The zero-order chi connectivity index (χ0) is 16.2. The van der Waals surface area contributed by atoms with Gasteiger partial charge in [-0.3, -0.25) is 4.79 Å². The van der Waals surface area contributed by atoms with Gasteiger partial charge in [-0.15, -0.1) is 0 Å². The molecule has 1 saturated heterocycles. The number of likely N-dealkylation sites (tertiary alicyclic amines) is 1. The van der Waals surface area contributed by atoms with E-state index in [9.17, 15) is 4.79 Å². The molecule has 2 aliphatic rings. The number of nitriles is 1. The van der Waals surface area contributed by atoms with E-state index in [2.05, 4.69) is 11.0 Å². The molecule has 1 aliphatic carbocycles. The Morgan fingerprint density at radius 2 is 1.87 bits per heavy atom. The molecule has 1 aliphatic heterocycles. The Morgan fingerprint density at radius 1 is 1.17 bits per heavy atom. The van der Waals surface area contributed by atoms with Crippen molar-refractivity contribution in [3.8, 4) is 11.8 Å². The average molecular weight is 312 g/mol. The molecule has 1 aromatic rings. The fourth-order valence-corrected chi connectivity index (χ4v) is 3.92. The summed E-state index contributed by atoms with van der Waals surface area (Å²) in [6, 6.07) is 10.4. The SMILES string of the molecule is COc1ccc(C(=O)C2CCN(C3CCC(C#N)C3)CC2)cc1. The van der Waals surface area contributed by atoms with Crippen LogP contribution in [-0.4, -0.2) is 36.9 Å². The van der Waals surface area contributed by atoms with Gasteiger partial charge in [0.15, 0.2) is 5.78 Å². The smallest absolute Gasteiger partial charge is 0.166 e. The third kappa shape index (κ3) is 3.56. The number of ether oxygens (including phenoxy) is 1. The van der Waals surface area contributed by atoms with Gasteiger partial charge in [0, 0.05) is 23.4 Å². The molecule has 2 unspecified atom stereocenters. The summed E-state index contributed by atoms with van der Waals surface area (Å²) in [5.74, 6) is 1.41. The van der Waals surface area contributed by atoms with Crippen LogP contribution in [0.25, 0.3) is 0 Å². The molecule has 1 saturated carbocycles. The number of hydrogen-bond donors (Lipinski definition) is 0. The van der Waals surface area contributed by atoms with Crippen LogP contribution in [0.15, 0.2) is 24.3 Å². The highest BCUT2D eigenvalue weighted by Gasteiger charge is 2.33. The van der Waals surface area contributed by atoms with Crippen molar-refractivity contribution in [2.24, 2.45) is 11.8 Å². The molecule has 4 nitrogen and oxygen atoms in total. The molecule has 1 heterocycles. The molecule has 0 spiro atoms. The zero-order valence-corrected chi connectivity index (χ0v) is 13.7. The third-order valence-electron chi connectivity index (χ3n) is 5.38. The van der Waals surface area contributed by atoms with E-state index in [4.69, 9.17) is 10.00 Å². The maximum absolute atomic E-state index is 12.6. The number of carbonyl (C=O) groups is 1. The van der Waals surface area contributed by atoms with Crippen molar-refractivity contribution in [1.29, 1.82) is 5.26 Å². The molecule has 3 rings (SSSR count). The highest BCUT2D eigenvalue weighted by atomic mass is 16.5. The molecular formula is C19H24N2O2. The van der Waals surface area contributed by atoms with E-state index in [1.54, 1.807) is 7.11 Å². The second-order valence-corrected chi connectivity index (χ2v) is 6.70. The van der Waals surface area contributed by atoms with E-state index in [1.165, 1.54) is 0 Å². The molecule has 0 aromatic heterocycles. The van der Waals surface area contributed by atoms with Crippen LogP contribution < -0.4 is 4.74 Å². The zero-order valence-electron chi connectivity index (χ0n) is 13.7. The summed E-state index contributed by atoms with van der Waals surface area (Å²) in [5.41, 5.74) is 0.787. The second-order valence-electron chi connectivity index (χ2n) is 6.70. The van der Waals surface area contributed by atoms with Gasteiger partial charge in [-0.2, -0.15) is 5.26 Å². The second kappa shape index (κ2) is 7.14. The van der Waals surface area contributed by atoms with Crippen molar-refractivity contribution < 1.29 is 9.53 Å². The van der Waals surface area contributed by atoms with Crippen LogP contribution >= 0.6 is 0 Å². The van der Waals surface area contributed by atoms with Gasteiger partial charge in [-0.05, 0) is 69.5 Å². The predicted octanol–water partition coefficient (Wildman–Crippen LogP) is 3.28. The Balaban J connectivity index is 1.54. The fraction of sp³-hybridized carbons (Fsp3) is 0.579. The summed E-state index contributed by atoms with van der Waals surface area (Å²) in [4.78, 5) is 15.1. The van der Waals surface area contributed by atoms with Crippen molar-refractivity contribution >= 4 is 5.78 Å². The van der Waals surface area contributed by atoms with Gasteiger partial charge in [0.2, 0.25) is 0 Å². The minimum absolute atomic E-state index is 0.132. The first-order valence-electron chi connectivity index (χ1n) is 8.53. The maximum atomic E-state index is 12.6. The molecule has 0 amide bonds. The van der Waals surface area contributed by atoms with Crippen LogP contribution in [0.4, 0.5) is 0 Å². The topological polar surface area (TPSA) is 53.3 Å². The summed E-state index contributed by atoms with van der Waals surface area (Å²) in [5, 5.41) is 9.04. The summed E-state index contributed by atoms with van der Waals surface area (Å²) in [6.07, 6.45) is 5.03. The van der Waals surface area contributed by atoms with Crippen molar-refractivity contribution in [2.75, 3.05) is 20.2 Å². The van der Waals surface area contributed by atoms with Gasteiger partial charge in [0.25, 0.3) is 0 Å². The Kier molecular flexibility index (Phi) is 4.97. The van der Waals surface area contributed by atoms with Crippen LogP contribution in [0.3, 0.4) is 0 Å². The van der Waals surface area contributed by atoms with Gasteiger partial charge in [-0.1, -0.05) is 0 Å². The molecule has 4 heteroatoms. The fourth-order valence-electron chi connectivity index (χ4n) is 3.92. The molecule has 0 radical (unpaired) electrons. The lowest BCUT2D eigenvalue weighted by molar-refractivity contribution is 0.0792. The van der Waals surface area contributed by atoms with Crippen LogP contribution in [0, 0.1) is 23.2 Å². The number of Topliss-reactive ketones (excluding diaryl/α,β-unsaturated/α-hetero) is 1. The van der Waals surface area contributed by atoms with Crippen molar-refractivity contribution in [3.63, 3.8) is 0 Å². The quantitative estimate of drug-likeness (QED) is 0.801. The highest BCUT2D eigenvalue weighted by molar-refractivity contribution is 5.98. The minimum atomic E-state index is 0.132. The number of rotatable bonds is 4. The van der Waals surface area contributed by atoms with Gasteiger partial charge >= 0.3 is 0 Å². The summed E-state index contributed by atoms with van der Waals surface area (Å²) >= 11 is 0. The molecule has 2 fully saturated rings. The van der Waals surface area contributed by atoms with Crippen LogP contribution in [0.2, 0.25) is 0 Å². The summed E-state index contributed by atoms with van der Waals surface area (Å²) < 4.78 is 5.14. The van der Waals surface area contributed by atoms with E-state index in [1.807, 2.05) is 24.3 Å². The summed E-state index contributed by atoms with van der Waals surface area (Å²) in [7, 11) is 1.63. The average Bonchev–Trinajstić information content (AvgIpc) is 3.10. The number of hydrogen-bond acceptors (Lipinski definition) is 4. The number of carbonyl (C=O) groups excluding carboxylic acids is 1. The largest absolute Gasteiger partial charge is 0.497 e. The standard InChI is InChI=1S/C19H24N2O2/c1-23-18-6-3-15(4-7-18)19(22)16-8-10-21(11-9-16)17-5-2-14(12-17)13-20/h3-4,6-7,14,16-17H,2,5,8-12H2,1H3. The first-order valence-corrected chi connectivity index (χ1v) is 8.53. The van der Waals surface area contributed by atoms with Gasteiger partial charge in [-0.25, -0.2) is 0 Å². The Labute approximate surface area is 138 Å². The lowest BCUT2D eigenvalue weighted by Gasteiger charge is -2.35. The van der Waals surface area contributed by atoms with Crippen molar-refractivity contribution in [1.82, 2.24) is 4.90 Å². The van der Waals surface area contributed by atoms with E-state index in [0.717, 1.165) is 56.5 Å². The Bertz CT molecular complexity index is 582. The van der Waals surface area contributed by atoms with Gasteiger partial charge < -0.3 is 9.64 Å². The first kappa shape index (κ1) is 16.0. The first-order chi connectivity index (χ1) is 11.2. The predicted molar refractivity (Wildman–Crippen MR) is 88.4 cm³/mol. The van der Waals surface area contributed by atoms with Crippen molar-refractivity contribution in [2.45, 2.75) is 38.1 Å². The molecular weight excluding hydrogens is 288 g/mol. The Hall–Kier alpha value is -1.86. The van der Waals surface area contributed by atoms with Crippen molar-refractivity contribution in [3.05, 3.63) is 29.8 Å². The number of methoxy groups -OCH3 is 1. The molecule has 0 bridgehead atoms. The lowest BCUT2D eigenvalue weighted by atomic mass is 9.88. The Morgan fingerprint density at radius 3 is 2.43 bits per heavy atom. The highest BCUT2D eigenvalue weighted by Crippen LogP contribution is 2.32. The normalized spacial score (nSPS) is 25.9. The molecule has 23 heavy (non-hydrogen) atoms. The molecule has 2 atom stereocenters. The minimum Gasteiger partial charge on any atom is -0.497 e. The van der Waals surface area contributed by atoms with Gasteiger partial charge in [0.05, 0.1) is 13.2 Å². The van der Waals surface area contributed by atoms with Crippen LogP contribution in [0.1, 0.15) is 42.5 Å². The number of benzene rings is 1. The van der Waals surface area contributed by atoms with E-state index < -0.39 is 0 Å². The van der Waals surface area contributed by atoms with Gasteiger partial charge in [0.1, 0.15) is 5.75 Å². The van der Waals surface area contributed by atoms with Crippen LogP contribution in [0.5, 0.6) is 5.75 Å². The molecule has 0 N–H and O–H groups in total. The van der Waals surface area contributed by atoms with Crippen LogP contribution in [-0.2, 0) is 0 Å². The number of piperidine rings is 1. The molecule has 122 valence electrons. The third-order valence-corrected chi connectivity index (χ3v) is 5.38. The monoisotopic (exact) mass is 312 g/mol. The van der Waals surface area contributed by atoms with E-state index in [0.29, 0.717) is 6.04 Å². The lowest BCUT2D eigenvalue weighted by Crippen LogP contribution is -2.41. The molecule has 1 aromatic carbocycles. The maximum Gasteiger partial charge on any atom is 0.166 e. The van der Waals surface area contributed by atoms with E-state index in [-0.39, 0.29) is 17.6 Å². The number of ketones is 1. The summed E-state index contributed by atoms with van der Waals surface area (Å²) in [6.45, 7) is 1.96.